The second-order valence-electron chi connectivity index (χ2n) is 16.3. The first-order valence-corrected chi connectivity index (χ1v) is 17.1. The molecule has 3 N–H and O–H groups in total. The van der Waals surface area contributed by atoms with Crippen LogP contribution >= 0.6 is 0 Å². The van der Waals surface area contributed by atoms with Crippen LogP contribution in [0.3, 0.4) is 0 Å². The van der Waals surface area contributed by atoms with Crippen LogP contribution in [0.2, 0.25) is 0 Å². The molecule has 1 aromatic rings. The van der Waals surface area contributed by atoms with E-state index < -0.39 is 34.3 Å². The SMILES string of the molecule is CCN1C[C@]2(OC(=O)c3ccccc3NC(=O)CC(C)(C)C)CC[C@H](OC)[C@]34C1[C@H](C[C@H]23)[C@@]1(O)C[C@H](OC)[C@H]2C[C@@H]4[C@]1(O)[C@H]2OC. The number of hydrogen-bond acceptors (Lipinski definition) is 9. The number of fused-ring (bicyclic) bond motifs is 2. The first kappa shape index (κ1) is 32.5. The van der Waals surface area contributed by atoms with Crippen molar-refractivity contribution in [1.29, 1.82) is 0 Å². The minimum atomic E-state index is -1.48. The van der Waals surface area contributed by atoms with Crippen molar-refractivity contribution < 1.29 is 38.7 Å². The standard InChI is InChI=1S/C36H52N2O8/c1-8-38-19-33(46-31(40)20-11-9-10-12-23(20)37-28(39)18-32(2,3)4)14-13-27(44-6)35-25(33)16-22(29(35)38)34(41)17-24(43-5)21-15-26(35)36(34,42)30(21)45-7/h9-12,21-22,24-27,29-30,41-42H,8,13-19H2,1-7H3,(H,37,39)/t21-,22+,24+,25-,26+,27+,29?,30+,33-,34+,35+,36+/m1/s1. The lowest BCUT2D eigenvalue weighted by Crippen LogP contribution is -2.83. The average Bonchev–Trinajstić information content (AvgIpc) is 3.42. The molecule has 0 aromatic heterocycles. The Morgan fingerprint density at radius 1 is 1.04 bits per heavy atom. The number of methoxy groups -OCH3 is 3. The third-order valence-corrected chi connectivity index (χ3v) is 13.3. The van der Waals surface area contributed by atoms with Gasteiger partial charge in [-0.1, -0.05) is 39.8 Å². The van der Waals surface area contributed by atoms with Crippen LogP contribution in [-0.4, -0.2) is 103 Å². The summed E-state index contributed by atoms with van der Waals surface area (Å²) in [6.07, 6.45) is 2.19. The summed E-state index contributed by atoms with van der Waals surface area (Å²) in [5.41, 5.74) is -3.78. The summed E-state index contributed by atoms with van der Waals surface area (Å²) >= 11 is 0. The summed E-state index contributed by atoms with van der Waals surface area (Å²) in [7, 11) is 5.07. The van der Waals surface area contributed by atoms with E-state index in [-0.39, 0.29) is 53.2 Å². The van der Waals surface area contributed by atoms with Gasteiger partial charge in [0.15, 0.2) is 0 Å². The zero-order valence-corrected chi connectivity index (χ0v) is 28.4. The molecule has 7 rings (SSSR count). The molecular weight excluding hydrogens is 588 g/mol. The summed E-state index contributed by atoms with van der Waals surface area (Å²) < 4.78 is 25.3. The van der Waals surface area contributed by atoms with E-state index in [2.05, 4.69) is 17.1 Å². The highest BCUT2D eigenvalue weighted by molar-refractivity contribution is 6.01. The Balaban J connectivity index is 1.31. The number of likely N-dealkylation sites (tertiary alicyclic amines) is 1. The van der Waals surface area contributed by atoms with Crippen LogP contribution in [0.4, 0.5) is 5.69 Å². The number of carbonyl (C=O) groups is 2. The number of nitrogens with zero attached hydrogens (tertiary/aromatic N) is 1. The fourth-order valence-electron chi connectivity index (χ4n) is 12.1. The van der Waals surface area contributed by atoms with Crippen molar-refractivity contribution in [3.05, 3.63) is 29.8 Å². The van der Waals surface area contributed by atoms with Crippen molar-refractivity contribution in [2.24, 2.45) is 34.5 Å². The van der Waals surface area contributed by atoms with Gasteiger partial charge in [0.05, 0.1) is 29.6 Å². The quantitative estimate of drug-likeness (QED) is 0.365. The number of piperidine rings is 1. The van der Waals surface area contributed by atoms with Gasteiger partial charge in [0.2, 0.25) is 5.91 Å². The van der Waals surface area contributed by atoms with E-state index >= 15 is 0 Å². The maximum atomic E-state index is 14.3. The third-order valence-electron chi connectivity index (χ3n) is 13.3. The maximum absolute atomic E-state index is 14.3. The Bertz CT molecular complexity index is 1400. The molecule has 0 radical (unpaired) electrons. The molecule has 6 aliphatic rings. The van der Waals surface area contributed by atoms with Crippen molar-refractivity contribution in [3.63, 3.8) is 0 Å². The second kappa shape index (κ2) is 10.7. The maximum Gasteiger partial charge on any atom is 0.340 e. The molecule has 5 saturated carbocycles. The van der Waals surface area contributed by atoms with Crippen molar-refractivity contribution in [1.82, 2.24) is 4.90 Å². The van der Waals surface area contributed by atoms with E-state index in [0.29, 0.717) is 62.9 Å². The Kier molecular flexibility index (Phi) is 7.56. The first-order chi connectivity index (χ1) is 21.8. The van der Waals surface area contributed by atoms with Crippen LogP contribution in [0.1, 0.15) is 76.6 Å². The molecule has 5 aliphatic carbocycles. The molecule has 1 spiro atoms. The van der Waals surface area contributed by atoms with Crippen LogP contribution in [0.5, 0.6) is 0 Å². The Morgan fingerprint density at radius 2 is 1.78 bits per heavy atom. The largest absolute Gasteiger partial charge is 0.454 e. The smallest absolute Gasteiger partial charge is 0.340 e. The van der Waals surface area contributed by atoms with Crippen molar-refractivity contribution >= 4 is 17.6 Å². The van der Waals surface area contributed by atoms with Crippen LogP contribution in [0.15, 0.2) is 24.3 Å². The number of nitrogens with one attached hydrogen (secondary N) is 1. The number of likely N-dealkylation sites (N-methyl/N-ethyl adjacent to an activating group) is 1. The number of anilines is 1. The number of carbonyl (C=O) groups excluding carboxylic acids is 2. The highest BCUT2D eigenvalue weighted by Gasteiger charge is 2.89. The molecule has 1 heterocycles. The zero-order valence-electron chi connectivity index (χ0n) is 28.4. The van der Waals surface area contributed by atoms with E-state index in [1.54, 1.807) is 45.6 Å². The van der Waals surface area contributed by atoms with Crippen LogP contribution in [-0.2, 0) is 23.7 Å². The van der Waals surface area contributed by atoms with E-state index in [9.17, 15) is 19.8 Å². The molecule has 12 atom stereocenters. The zero-order chi connectivity index (χ0) is 33.0. The fourth-order valence-corrected chi connectivity index (χ4v) is 12.1. The lowest BCUT2D eigenvalue weighted by molar-refractivity contribution is -0.337. The molecule has 1 unspecified atom stereocenters. The van der Waals surface area contributed by atoms with Gasteiger partial charge in [-0.2, -0.15) is 0 Å². The summed E-state index contributed by atoms with van der Waals surface area (Å²) in [4.78, 5) is 29.6. The monoisotopic (exact) mass is 640 g/mol. The van der Waals surface area contributed by atoms with Crippen molar-refractivity contribution in [3.8, 4) is 0 Å². The number of aliphatic hydroxyl groups is 2. The second-order valence-corrected chi connectivity index (χ2v) is 16.3. The summed E-state index contributed by atoms with van der Waals surface area (Å²) in [5.74, 6) is -1.45. The van der Waals surface area contributed by atoms with Gasteiger partial charge in [0.1, 0.15) is 16.8 Å². The van der Waals surface area contributed by atoms with Gasteiger partial charge in [-0.15, -0.1) is 0 Å². The predicted octanol–water partition coefficient (Wildman–Crippen LogP) is 3.64. The minimum Gasteiger partial charge on any atom is -0.454 e. The lowest BCUT2D eigenvalue weighted by Gasteiger charge is -2.70. The Hall–Kier alpha value is -2.08. The molecule has 1 aromatic carbocycles. The van der Waals surface area contributed by atoms with Gasteiger partial charge in [-0.3, -0.25) is 9.69 Å². The number of hydrogen-bond donors (Lipinski definition) is 3. The highest BCUT2D eigenvalue weighted by atomic mass is 16.6. The van der Waals surface area contributed by atoms with Gasteiger partial charge in [-0.05, 0) is 49.8 Å². The first-order valence-electron chi connectivity index (χ1n) is 17.1. The average molecular weight is 641 g/mol. The summed E-state index contributed by atoms with van der Waals surface area (Å²) in [6, 6.07) is 7.00. The summed E-state index contributed by atoms with van der Waals surface area (Å²) in [5, 5.41) is 28.8. The van der Waals surface area contributed by atoms with E-state index in [4.69, 9.17) is 18.9 Å². The van der Waals surface area contributed by atoms with Crippen molar-refractivity contribution in [2.45, 2.75) is 107 Å². The molecule has 10 nitrogen and oxygen atoms in total. The summed E-state index contributed by atoms with van der Waals surface area (Å²) in [6.45, 7) is 9.38. The number of rotatable bonds is 8. The van der Waals surface area contributed by atoms with Crippen LogP contribution in [0.25, 0.3) is 0 Å². The van der Waals surface area contributed by atoms with E-state index in [0.717, 1.165) is 0 Å². The highest BCUT2D eigenvalue weighted by Crippen LogP contribution is 2.79. The number of esters is 1. The number of benzene rings is 1. The van der Waals surface area contributed by atoms with E-state index in [1.807, 2.05) is 20.8 Å². The van der Waals surface area contributed by atoms with Crippen molar-refractivity contribution in [2.75, 3.05) is 39.7 Å². The predicted molar refractivity (Wildman–Crippen MR) is 170 cm³/mol. The Labute approximate surface area is 272 Å². The normalized spacial score (nSPS) is 45.4. The van der Waals surface area contributed by atoms with E-state index in [1.165, 1.54) is 0 Å². The Morgan fingerprint density at radius 3 is 2.43 bits per heavy atom. The molecule has 1 saturated heterocycles. The molecule has 7 bridgehead atoms. The molecular formula is C36H52N2O8. The molecule has 1 amide bonds. The third kappa shape index (κ3) is 4.03. The fraction of sp³-hybridized carbons (Fsp3) is 0.778. The van der Waals surface area contributed by atoms with Gasteiger partial charge >= 0.3 is 5.97 Å². The number of ether oxygens (including phenoxy) is 4. The van der Waals surface area contributed by atoms with Crippen LogP contribution in [0, 0.1) is 34.5 Å². The molecule has 46 heavy (non-hydrogen) atoms. The van der Waals surface area contributed by atoms with Gasteiger partial charge in [-0.25, -0.2) is 4.79 Å². The topological polar surface area (TPSA) is 127 Å². The molecule has 6 fully saturated rings. The molecule has 1 aliphatic heterocycles. The van der Waals surface area contributed by atoms with Gasteiger partial charge < -0.3 is 34.5 Å². The minimum absolute atomic E-state index is 0.0503. The van der Waals surface area contributed by atoms with Gasteiger partial charge in [0, 0.05) is 75.8 Å². The number of amides is 1. The number of para-hydroxylation sites is 1. The molecule has 10 heteroatoms. The van der Waals surface area contributed by atoms with Gasteiger partial charge in [0.25, 0.3) is 0 Å². The lowest BCUT2D eigenvalue weighted by atomic mass is 9.44. The van der Waals surface area contributed by atoms with Crippen LogP contribution < -0.4 is 5.32 Å². The molecule has 254 valence electrons.